The molecule has 3 rings (SSSR count). The third-order valence-electron chi connectivity index (χ3n) is 4.86. The molecule has 150 valence electrons. The number of carbonyl (C=O) groups is 2. The van der Waals surface area contributed by atoms with E-state index in [2.05, 4.69) is 4.90 Å². The van der Waals surface area contributed by atoms with Crippen molar-refractivity contribution in [2.24, 2.45) is 0 Å². The van der Waals surface area contributed by atoms with E-state index in [-0.39, 0.29) is 11.9 Å². The van der Waals surface area contributed by atoms with Crippen LogP contribution in [0.1, 0.15) is 22.9 Å². The monoisotopic (exact) mass is 440 g/mol. The summed E-state index contributed by atoms with van der Waals surface area (Å²) in [6.45, 7) is 2.40. The van der Waals surface area contributed by atoms with Crippen LogP contribution in [0, 0.1) is 0 Å². The van der Waals surface area contributed by atoms with Crippen LogP contribution < -0.4 is 0 Å². The number of aryl methyl sites for hydroxylation is 1. The number of rotatable bonds is 6. The largest absolute Gasteiger partial charge is 0.468 e. The van der Waals surface area contributed by atoms with Gasteiger partial charge in [-0.3, -0.25) is 9.69 Å². The van der Waals surface area contributed by atoms with Crippen molar-refractivity contribution in [1.82, 2.24) is 9.80 Å². The SMILES string of the molecule is COC(=O)C(c1ccc(Cl)cc1)N1CCN(C(=O)CCc2ccc(Cl)s2)CC1. The molecule has 2 heterocycles. The second-order valence-corrected chi connectivity index (χ2v) is 8.84. The van der Waals surface area contributed by atoms with E-state index in [4.69, 9.17) is 27.9 Å². The summed E-state index contributed by atoms with van der Waals surface area (Å²) in [6.07, 6.45) is 1.17. The van der Waals surface area contributed by atoms with Crippen LogP contribution in [-0.2, 0) is 20.7 Å². The first-order chi connectivity index (χ1) is 13.5. The summed E-state index contributed by atoms with van der Waals surface area (Å²) in [7, 11) is 1.39. The first-order valence-corrected chi connectivity index (χ1v) is 10.6. The molecule has 0 radical (unpaired) electrons. The summed E-state index contributed by atoms with van der Waals surface area (Å²) in [5.41, 5.74) is 0.839. The fraction of sp³-hybridized carbons (Fsp3) is 0.400. The number of carbonyl (C=O) groups excluding carboxylic acids is 2. The Hall–Kier alpha value is -1.60. The first kappa shape index (κ1) is 21.1. The Balaban J connectivity index is 1.58. The van der Waals surface area contributed by atoms with E-state index in [1.807, 2.05) is 29.2 Å². The van der Waals surface area contributed by atoms with Crippen LogP contribution in [0.2, 0.25) is 9.36 Å². The maximum Gasteiger partial charge on any atom is 0.327 e. The third kappa shape index (κ3) is 5.26. The van der Waals surface area contributed by atoms with Gasteiger partial charge in [-0.15, -0.1) is 11.3 Å². The maximum atomic E-state index is 12.5. The first-order valence-electron chi connectivity index (χ1n) is 9.07. The van der Waals surface area contributed by atoms with Crippen molar-refractivity contribution in [2.45, 2.75) is 18.9 Å². The molecule has 0 spiro atoms. The number of hydrogen-bond donors (Lipinski definition) is 0. The molecule has 0 saturated carbocycles. The van der Waals surface area contributed by atoms with E-state index >= 15 is 0 Å². The van der Waals surface area contributed by atoms with Gasteiger partial charge in [0.1, 0.15) is 6.04 Å². The van der Waals surface area contributed by atoms with Crippen molar-refractivity contribution in [3.8, 4) is 0 Å². The highest BCUT2D eigenvalue weighted by molar-refractivity contribution is 7.16. The van der Waals surface area contributed by atoms with E-state index in [9.17, 15) is 9.59 Å². The molecular weight excluding hydrogens is 419 g/mol. The van der Waals surface area contributed by atoms with E-state index in [1.165, 1.54) is 18.4 Å². The number of thiophene rings is 1. The number of ether oxygens (including phenoxy) is 1. The average Bonchev–Trinajstić information content (AvgIpc) is 3.13. The summed E-state index contributed by atoms with van der Waals surface area (Å²) >= 11 is 13.4. The summed E-state index contributed by atoms with van der Waals surface area (Å²) in [4.78, 5) is 29.9. The van der Waals surface area contributed by atoms with Crippen molar-refractivity contribution >= 4 is 46.4 Å². The summed E-state index contributed by atoms with van der Waals surface area (Å²) < 4.78 is 5.75. The van der Waals surface area contributed by atoms with Crippen molar-refractivity contribution < 1.29 is 14.3 Å². The molecule has 1 amide bonds. The molecule has 0 N–H and O–H groups in total. The number of benzene rings is 1. The molecule has 1 aliphatic heterocycles. The van der Waals surface area contributed by atoms with Crippen LogP contribution >= 0.6 is 34.5 Å². The molecule has 0 aliphatic carbocycles. The molecule has 2 aromatic rings. The van der Waals surface area contributed by atoms with Gasteiger partial charge in [0.05, 0.1) is 11.4 Å². The van der Waals surface area contributed by atoms with E-state index in [0.717, 1.165) is 14.8 Å². The lowest BCUT2D eigenvalue weighted by Gasteiger charge is -2.38. The molecule has 8 heteroatoms. The van der Waals surface area contributed by atoms with Crippen molar-refractivity contribution in [1.29, 1.82) is 0 Å². The average molecular weight is 441 g/mol. The maximum absolute atomic E-state index is 12.5. The van der Waals surface area contributed by atoms with Gasteiger partial charge in [-0.05, 0) is 36.2 Å². The highest BCUT2D eigenvalue weighted by Crippen LogP contribution is 2.26. The Labute approximate surface area is 178 Å². The Kier molecular flexibility index (Phi) is 7.35. The summed E-state index contributed by atoms with van der Waals surface area (Å²) in [6, 6.07) is 10.5. The van der Waals surface area contributed by atoms with Gasteiger partial charge in [-0.25, -0.2) is 4.79 Å². The van der Waals surface area contributed by atoms with E-state index < -0.39 is 6.04 Å². The zero-order valence-corrected chi connectivity index (χ0v) is 17.9. The van der Waals surface area contributed by atoms with Gasteiger partial charge in [0.15, 0.2) is 0 Å². The molecule has 28 heavy (non-hydrogen) atoms. The minimum Gasteiger partial charge on any atom is -0.468 e. The molecule has 1 unspecified atom stereocenters. The summed E-state index contributed by atoms with van der Waals surface area (Å²) in [5.74, 6) is -0.179. The lowest BCUT2D eigenvalue weighted by molar-refractivity contribution is -0.148. The lowest BCUT2D eigenvalue weighted by atomic mass is 10.0. The topological polar surface area (TPSA) is 49.9 Å². The Bertz CT molecular complexity index is 817. The molecule has 1 fully saturated rings. The fourth-order valence-corrected chi connectivity index (χ4v) is 4.57. The number of amides is 1. The quantitative estimate of drug-likeness (QED) is 0.635. The molecule has 0 bridgehead atoms. The van der Waals surface area contributed by atoms with Gasteiger partial charge in [0.2, 0.25) is 5.91 Å². The smallest absolute Gasteiger partial charge is 0.327 e. The zero-order chi connectivity index (χ0) is 20.1. The number of halogens is 2. The van der Waals surface area contributed by atoms with Gasteiger partial charge in [-0.1, -0.05) is 35.3 Å². The van der Waals surface area contributed by atoms with Crippen LogP contribution in [0.3, 0.4) is 0 Å². The minimum absolute atomic E-state index is 0.130. The molecule has 1 aromatic heterocycles. The number of hydrogen-bond acceptors (Lipinski definition) is 5. The van der Waals surface area contributed by atoms with Crippen molar-refractivity contribution in [3.63, 3.8) is 0 Å². The highest BCUT2D eigenvalue weighted by atomic mass is 35.5. The normalized spacial score (nSPS) is 16.0. The molecule has 1 saturated heterocycles. The van der Waals surface area contributed by atoms with Gasteiger partial charge in [0, 0.05) is 42.5 Å². The van der Waals surface area contributed by atoms with E-state index in [0.29, 0.717) is 44.0 Å². The Morgan fingerprint density at radius 3 is 2.32 bits per heavy atom. The Morgan fingerprint density at radius 2 is 1.75 bits per heavy atom. The standard InChI is InChI=1S/C20H22Cl2N2O3S/c1-27-20(26)19(14-2-4-15(21)5-3-14)24-12-10-23(11-13-24)18(25)9-7-16-6-8-17(22)28-16/h2-6,8,19H,7,9-13H2,1H3. The summed E-state index contributed by atoms with van der Waals surface area (Å²) in [5, 5.41) is 0.620. The Morgan fingerprint density at radius 1 is 1.07 bits per heavy atom. The van der Waals surface area contributed by atoms with Crippen LogP contribution in [0.15, 0.2) is 36.4 Å². The van der Waals surface area contributed by atoms with Gasteiger partial charge in [0.25, 0.3) is 0 Å². The molecule has 1 atom stereocenters. The van der Waals surface area contributed by atoms with Crippen LogP contribution in [0.4, 0.5) is 0 Å². The predicted octanol–water partition coefficient (Wildman–Crippen LogP) is 4.05. The fourth-order valence-electron chi connectivity index (χ4n) is 3.36. The van der Waals surface area contributed by atoms with Gasteiger partial charge >= 0.3 is 5.97 Å². The second kappa shape index (κ2) is 9.74. The van der Waals surface area contributed by atoms with Gasteiger partial charge in [-0.2, -0.15) is 0 Å². The molecular formula is C20H22Cl2N2O3S. The van der Waals surface area contributed by atoms with Crippen LogP contribution in [0.5, 0.6) is 0 Å². The number of methoxy groups -OCH3 is 1. The predicted molar refractivity (Wildman–Crippen MR) is 112 cm³/mol. The minimum atomic E-state index is -0.493. The lowest BCUT2D eigenvalue weighted by Crippen LogP contribution is -2.51. The molecule has 1 aliphatic rings. The third-order valence-corrected chi connectivity index (χ3v) is 6.40. The molecule has 5 nitrogen and oxygen atoms in total. The molecule has 1 aromatic carbocycles. The van der Waals surface area contributed by atoms with Crippen LogP contribution in [0.25, 0.3) is 0 Å². The number of esters is 1. The van der Waals surface area contributed by atoms with Crippen molar-refractivity contribution in [2.75, 3.05) is 33.3 Å². The van der Waals surface area contributed by atoms with Crippen molar-refractivity contribution in [3.05, 3.63) is 56.2 Å². The highest BCUT2D eigenvalue weighted by Gasteiger charge is 2.32. The van der Waals surface area contributed by atoms with Gasteiger partial charge < -0.3 is 9.64 Å². The van der Waals surface area contributed by atoms with Crippen LogP contribution in [-0.4, -0.2) is 55.0 Å². The zero-order valence-electron chi connectivity index (χ0n) is 15.6. The second-order valence-electron chi connectivity index (χ2n) is 6.60. The number of nitrogens with zero attached hydrogens (tertiary/aromatic N) is 2. The van der Waals surface area contributed by atoms with E-state index in [1.54, 1.807) is 12.1 Å². The number of piperazine rings is 1.